The van der Waals surface area contributed by atoms with Gasteiger partial charge in [0.15, 0.2) is 0 Å². The highest BCUT2D eigenvalue weighted by molar-refractivity contribution is 5.89. The Bertz CT molecular complexity index is 393. The lowest BCUT2D eigenvalue weighted by atomic mass is 9.85. The van der Waals surface area contributed by atoms with E-state index < -0.39 is 5.54 Å². The van der Waals surface area contributed by atoms with Crippen LogP contribution in [-0.2, 0) is 14.3 Å². The number of ether oxygens (including phenoxy) is 1. The van der Waals surface area contributed by atoms with Gasteiger partial charge in [0.2, 0.25) is 11.8 Å². The van der Waals surface area contributed by atoms with Gasteiger partial charge in [-0.3, -0.25) is 9.59 Å². The molecule has 3 heterocycles. The van der Waals surface area contributed by atoms with Crippen LogP contribution in [0.4, 0.5) is 0 Å². The molecule has 0 aromatic heterocycles. The summed E-state index contributed by atoms with van der Waals surface area (Å²) in [7, 11) is 0. The third kappa shape index (κ3) is 2.12. The van der Waals surface area contributed by atoms with Crippen molar-refractivity contribution in [2.75, 3.05) is 26.3 Å². The second-order valence-electron chi connectivity index (χ2n) is 5.83. The van der Waals surface area contributed by atoms with Crippen molar-refractivity contribution in [3.8, 4) is 0 Å². The van der Waals surface area contributed by atoms with Gasteiger partial charge in [0.1, 0.15) is 0 Å². The molecule has 0 aromatic rings. The van der Waals surface area contributed by atoms with Gasteiger partial charge < -0.3 is 20.7 Å². The number of nitrogens with zero attached hydrogens (tertiary/aromatic N) is 1. The molecule has 3 fully saturated rings. The zero-order valence-corrected chi connectivity index (χ0v) is 11.1. The fourth-order valence-electron chi connectivity index (χ4n) is 3.44. The Kier molecular flexibility index (Phi) is 3.22. The van der Waals surface area contributed by atoms with Crippen molar-refractivity contribution >= 4 is 11.8 Å². The summed E-state index contributed by atoms with van der Waals surface area (Å²) in [6.07, 6.45) is 2.90. The molecule has 3 rings (SSSR count). The third-order valence-corrected chi connectivity index (χ3v) is 4.67. The summed E-state index contributed by atoms with van der Waals surface area (Å²) in [6, 6.07) is -0.00276. The molecule has 6 nitrogen and oxygen atoms in total. The van der Waals surface area contributed by atoms with Crippen LogP contribution in [0.15, 0.2) is 0 Å². The van der Waals surface area contributed by atoms with Crippen LogP contribution in [0, 0.1) is 5.92 Å². The molecule has 3 aliphatic heterocycles. The van der Waals surface area contributed by atoms with Gasteiger partial charge in [0.05, 0.1) is 17.5 Å². The number of carbonyl (C=O) groups excluding carboxylic acids is 2. The quantitative estimate of drug-likeness (QED) is 0.653. The fourth-order valence-corrected chi connectivity index (χ4v) is 3.44. The molecule has 106 valence electrons. The standard InChI is InChI=1S/C13H21N3O3/c14-13(3-6-19-7-4-13)12(18)16-5-1-2-9-10(16)8-15-11(9)17/h9-10H,1-8,14H2,(H,15,17). The SMILES string of the molecule is NC1(C(=O)N2CCCC3C(=O)NCC32)CCOCC1. The average molecular weight is 267 g/mol. The molecule has 2 atom stereocenters. The highest BCUT2D eigenvalue weighted by Gasteiger charge is 2.47. The summed E-state index contributed by atoms with van der Waals surface area (Å²) in [5, 5.41) is 2.86. The summed E-state index contributed by atoms with van der Waals surface area (Å²) in [5.74, 6) is 0.0451. The van der Waals surface area contributed by atoms with E-state index in [4.69, 9.17) is 10.5 Å². The van der Waals surface area contributed by atoms with Crippen molar-refractivity contribution in [1.82, 2.24) is 10.2 Å². The molecular formula is C13H21N3O3. The van der Waals surface area contributed by atoms with Crippen LogP contribution in [-0.4, -0.2) is 54.6 Å². The Balaban J connectivity index is 1.77. The number of amides is 2. The van der Waals surface area contributed by atoms with Crippen LogP contribution in [0.1, 0.15) is 25.7 Å². The summed E-state index contributed by atoms with van der Waals surface area (Å²) < 4.78 is 5.29. The Hall–Kier alpha value is -1.14. The minimum absolute atomic E-state index is 0.00185. The number of fused-ring (bicyclic) bond motifs is 1. The maximum atomic E-state index is 12.7. The highest BCUT2D eigenvalue weighted by Crippen LogP contribution is 2.30. The van der Waals surface area contributed by atoms with Gasteiger partial charge in [-0.05, 0) is 25.7 Å². The zero-order valence-electron chi connectivity index (χ0n) is 11.1. The Morgan fingerprint density at radius 3 is 2.89 bits per heavy atom. The fraction of sp³-hybridized carbons (Fsp3) is 0.846. The third-order valence-electron chi connectivity index (χ3n) is 4.67. The number of piperidine rings is 1. The molecule has 0 bridgehead atoms. The first-order chi connectivity index (χ1) is 9.12. The number of rotatable bonds is 1. The second kappa shape index (κ2) is 4.76. The van der Waals surface area contributed by atoms with E-state index in [0.29, 0.717) is 32.6 Å². The summed E-state index contributed by atoms with van der Waals surface area (Å²) in [6.45, 7) is 2.37. The van der Waals surface area contributed by atoms with Gasteiger partial charge in [-0.2, -0.15) is 0 Å². The lowest BCUT2D eigenvalue weighted by molar-refractivity contribution is -0.145. The predicted octanol–water partition coefficient (Wildman–Crippen LogP) is -0.769. The molecule has 3 N–H and O–H groups in total. The topological polar surface area (TPSA) is 84.7 Å². The number of hydrogen-bond donors (Lipinski definition) is 2. The van der Waals surface area contributed by atoms with E-state index >= 15 is 0 Å². The van der Waals surface area contributed by atoms with Crippen molar-refractivity contribution in [1.29, 1.82) is 0 Å². The molecule has 19 heavy (non-hydrogen) atoms. The van der Waals surface area contributed by atoms with Crippen molar-refractivity contribution < 1.29 is 14.3 Å². The molecule has 3 aliphatic rings. The number of nitrogens with one attached hydrogen (secondary N) is 1. The van der Waals surface area contributed by atoms with Crippen LogP contribution in [0.2, 0.25) is 0 Å². The molecular weight excluding hydrogens is 246 g/mol. The monoisotopic (exact) mass is 267 g/mol. The molecule has 0 spiro atoms. The first-order valence-electron chi connectivity index (χ1n) is 7.07. The van der Waals surface area contributed by atoms with E-state index in [1.54, 1.807) is 0 Å². The molecule has 2 unspecified atom stereocenters. The van der Waals surface area contributed by atoms with Crippen molar-refractivity contribution in [3.05, 3.63) is 0 Å². The molecule has 0 saturated carbocycles. The average Bonchev–Trinajstić information content (AvgIpc) is 2.81. The van der Waals surface area contributed by atoms with Crippen LogP contribution < -0.4 is 11.1 Å². The smallest absolute Gasteiger partial charge is 0.243 e. The number of hydrogen-bond acceptors (Lipinski definition) is 4. The van der Waals surface area contributed by atoms with Crippen molar-refractivity contribution in [3.63, 3.8) is 0 Å². The maximum absolute atomic E-state index is 12.7. The molecule has 0 aromatic carbocycles. The summed E-state index contributed by atoms with van der Waals surface area (Å²) in [5.41, 5.74) is 5.47. The largest absolute Gasteiger partial charge is 0.381 e. The number of likely N-dealkylation sites (tertiary alicyclic amines) is 1. The van der Waals surface area contributed by atoms with Crippen LogP contribution in [0.5, 0.6) is 0 Å². The molecule has 2 amide bonds. The van der Waals surface area contributed by atoms with Gasteiger partial charge in [0.25, 0.3) is 0 Å². The van der Waals surface area contributed by atoms with Gasteiger partial charge >= 0.3 is 0 Å². The first-order valence-corrected chi connectivity index (χ1v) is 7.07. The van der Waals surface area contributed by atoms with Gasteiger partial charge in [0, 0.05) is 26.3 Å². The minimum Gasteiger partial charge on any atom is -0.381 e. The lowest BCUT2D eigenvalue weighted by Crippen LogP contribution is -2.62. The summed E-state index contributed by atoms with van der Waals surface area (Å²) in [4.78, 5) is 26.3. The Labute approximate surface area is 112 Å². The normalized spacial score (nSPS) is 33.7. The van der Waals surface area contributed by atoms with E-state index in [2.05, 4.69) is 5.32 Å². The maximum Gasteiger partial charge on any atom is 0.243 e. The molecule has 0 radical (unpaired) electrons. The number of nitrogens with two attached hydrogens (primary N) is 1. The van der Waals surface area contributed by atoms with E-state index in [9.17, 15) is 9.59 Å². The molecule has 0 aliphatic carbocycles. The highest BCUT2D eigenvalue weighted by atomic mass is 16.5. The van der Waals surface area contributed by atoms with Crippen LogP contribution in [0.3, 0.4) is 0 Å². The van der Waals surface area contributed by atoms with E-state index in [1.807, 2.05) is 4.90 Å². The summed E-state index contributed by atoms with van der Waals surface area (Å²) >= 11 is 0. The lowest BCUT2D eigenvalue weighted by Gasteiger charge is -2.42. The van der Waals surface area contributed by atoms with Crippen molar-refractivity contribution in [2.45, 2.75) is 37.3 Å². The first kappa shape index (κ1) is 12.9. The van der Waals surface area contributed by atoms with Gasteiger partial charge in [-0.25, -0.2) is 0 Å². The van der Waals surface area contributed by atoms with Crippen LogP contribution >= 0.6 is 0 Å². The second-order valence-corrected chi connectivity index (χ2v) is 5.83. The Morgan fingerprint density at radius 1 is 1.42 bits per heavy atom. The van der Waals surface area contributed by atoms with Crippen molar-refractivity contribution in [2.24, 2.45) is 11.7 Å². The zero-order chi connectivity index (χ0) is 13.5. The predicted molar refractivity (Wildman–Crippen MR) is 68.2 cm³/mol. The molecule has 6 heteroatoms. The van der Waals surface area contributed by atoms with E-state index in [-0.39, 0.29) is 23.8 Å². The van der Waals surface area contributed by atoms with Crippen LogP contribution in [0.25, 0.3) is 0 Å². The van der Waals surface area contributed by atoms with E-state index in [0.717, 1.165) is 19.4 Å². The van der Waals surface area contributed by atoms with Gasteiger partial charge in [-0.1, -0.05) is 0 Å². The minimum atomic E-state index is -0.800. The number of carbonyl (C=O) groups is 2. The van der Waals surface area contributed by atoms with Gasteiger partial charge in [-0.15, -0.1) is 0 Å². The molecule has 3 saturated heterocycles. The van der Waals surface area contributed by atoms with E-state index in [1.165, 1.54) is 0 Å². The Morgan fingerprint density at radius 2 is 2.16 bits per heavy atom.